The highest BCUT2D eigenvalue weighted by Crippen LogP contribution is 2.18. The smallest absolute Gasteiger partial charge is 0.321 e. The third-order valence-corrected chi connectivity index (χ3v) is 2.23. The van der Waals surface area contributed by atoms with E-state index in [4.69, 9.17) is 0 Å². The fraction of sp³-hybridized carbons (Fsp3) is 0.0833. The number of rotatable bonds is 1. The van der Waals surface area contributed by atoms with Crippen molar-refractivity contribution in [1.29, 1.82) is 0 Å². The van der Waals surface area contributed by atoms with Gasteiger partial charge in [0.2, 0.25) is 0 Å². The van der Waals surface area contributed by atoms with Crippen LogP contribution in [0.3, 0.4) is 0 Å². The van der Waals surface area contributed by atoms with Crippen molar-refractivity contribution in [1.82, 2.24) is 4.98 Å². The highest BCUT2D eigenvalue weighted by Gasteiger charge is 2.22. The molecule has 0 saturated carbocycles. The average Bonchev–Trinajstić information content (AvgIpc) is 2.25. The maximum absolute atomic E-state index is 12.0. The number of aromatic nitrogens is 1. The second kappa shape index (κ2) is 4.08. The molecule has 88 valence electrons. The third-order valence-electron chi connectivity index (χ3n) is 2.23. The zero-order chi connectivity index (χ0) is 12.5. The molecule has 0 saturated heterocycles. The number of fused-ring (bicyclic) bond motifs is 1. The molecule has 0 fully saturated rings. The number of H-pyrrole nitrogens is 1. The van der Waals surface area contributed by atoms with Gasteiger partial charge in [-0.2, -0.15) is 13.2 Å². The first kappa shape index (κ1) is 11.4. The van der Waals surface area contributed by atoms with Gasteiger partial charge in [-0.05, 0) is 23.6 Å². The Bertz CT molecular complexity index is 625. The van der Waals surface area contributed by atoms with Crippen molar-refractivity contribution in [3.8, 4) is 0 Å². The number of hydrogen-bond acceptors (Lipinski definition) is 1. The molecule has 0 atom stereocenters. The number of alkyl halides is 3. The number of aromatic amines is 1. The topological polar surface area (TPSA) is 32.9 Å². The Balaban J connectivity index is 2.52. The first-order chi connectivity index (χ1) is 7.96. The third kappa shape index (κ3) is 2.75. The molecule has 2 rings (SSSR count). The van der Waals surface area contributed by atoms with E-state index in [0.29, 0.717) is 10.9 Å². The Morgan fingerprint density at radius 1 is 1.18 bits per heavy atom. The fourth-order valence-electron chi connectivity index (χ4n) is 1.47. The summed E-state index contributed by atoms with van der Waals surface area (Å²) in [6.07, 6.45) is -3.60. The van der Waals surface area contributed by atoms with Crippen LogP contribution in [-0.4, -0.2) is 11.2 Å². The highest BCUT2D eigenvalue weighted by molar-refractivity contribution is 5.80. The zero-order valence-electron chi connectivity index (χ0n) is 8.58. The van der Waals surface area contributed by atoms with E-state index in [0.717, 1.165) is 6.08 Å². The Morgan fingerprint density at radius 2 is 1.88 bits per heavy atom. The summed E-state index contributed by atoms with van der Waals surface area (Å²) in [6.45, 7) is 0. The van der Waals surface area contributed by atoms with Crippen molar-refractivity contribution in [2.24, 2.45) is 0 Å². The molecule has 0 unspecified atom stereocenters. The van der Waals surface area contributed by atoms with Crippen LogP contribution in [0.1, 0.15) is 5.56 Å². The van der Waals surface area contributed by atoms with Crippen LogP contribution in [0.5, 0.6) is 0 Å². The Hall–Kier alpha value is -2.04. The molecule has 0 aliphatic heterocycles. The molecular formula is C12H8F3NO. The number of halogens is 3. The Labute approximate surface area is 94.4 Å². The number of pyridine rings is 1. The molecule has 0 spiro atoms. The van der Waals surface area contributed by atoms with E-state index >= 15 is 0 Å². The lowest BCUT2D eigenvalue weighted by Crippen LogP contribution is -2.09. The van der Waals surface area contributed by atoms with Gasteiger partial charge in [-0.1, -0.05) is 18.2 Å². The molecule has 1 N–H and O–H groups in total. The van der Waals surface area contributed by atoms with Crippen LogP contribution in [-0.2, 0) is 0 Å². The van der Waals surface area contributed by atoms with Crippen LogP contribution in [0, 0.1) is 0 Å². The van der Waals surface area contributed by atoms with Crippen molar-refractivity contribution in [3.05, 3.63) is 52.3 Å². The summed E-state index contributed by atoms with van der Waals surface area (Å²) < 4.78 is 36.0. The first-order valence-corrected chi connectivity index (χ1v) is 4.84. The van der Waals surface area contributed by atoms with Gasteiger partial charge in [0.25, 0.3) is 5.56 Å². The monoisotopic (exact) mass is 239 g/mol. The molecule has 0 amide bonds. The van der Waals surface area contributed by atoms with Crippen molar-refractivity contribution in [2.75, 3.05) is 0 Å². The lowest BCUT2D eigenvalue weighted by molar-refractivity contribution is -0.0790. The van der Waals surface area contributed by atoms with Crippen molar-refractivity contribution in [2.45, 2.75) is 6.18 Å². The van der Waals surface area contributed by atoms with Crippen LogP contribution in [0.15, 0.2) is 41.2 Å². The minimum Gasteiger partial charge on any atom is -0.321 e. The molecule has 1 heterocycles. The standard InChI is InChI=1S/C12H8F3NO/c13-12(14,15)6-5-9-7-8-3-1-2-4-10(8)16-11(9)17/h1-7H,(H,16,17)/b6-5+. The Morgan fingerprint density at radius 3 is 2.59 bits per heavy atom. The van der Waals surface area contributed by atoms with Gasteiger partial charge in [0.1, 0.15) is 0 Å². The molecule has 5 heteroatoms. The van der Waals surface area contributed by atoms with Crippen LogP contribution in [0.25, 0.3) is 17.0 Å². The van der Waals surface area contributed by atoms with Crippen molar-refractivity contribution >= 4 is 17.0 Å². The number of para-hydroxylation sites is 1. The second-order valence-corrected chi connectivity index (χ2v) is 3.52. The summed E-state index contributed by atoms with van der Waals surface area (Å²) in [7, 11) is 0. The molecule has 2 aromatic rings. The molecule has 1 aromatic heterocycles. The summed E-state index contributed by atoms with van der Waals surface area (Å²) in [5.41, 5.74) is 0.0480. The average molecular weight is 239 g/mol. The predicted octanol–water partition coefficient (Wildman–Crippen LogP) is 3.10. The summed E-state index contributed by atoms with van der Waals surface area (Å²) in [5.74, 6) is 0. The zero-order valence-corrected chi connectivity index (χ0v) is 8.58. The number of allylic oxidation sites excluding steroid dienone is 1. The van der Waals surface area contributed by atoms with Crippen LogP contribution < -0.4 is 5.56 Å². The molecule has 1 aromatic carbocycles. The highest BCUT2D eigenvalue weighted by atomic mass is 19.4. The van der Waals surface area contributed by atoms with Gasteiger partial charge in [0, 0.05) is 17.2 Å². The quantitative estimate of drug-likeness (QED) is 0.814. The van der Waals surface area contributed by atoms with Gasteiger partial charge in [-0.3, -0.25) is 4.79 Å². The molecular weight excluding hydrogens is 231 g/mol. The summed E-state index contributed by atoms with van der Waals surface area (Å²) in [5, 5.41) is 0.689. The summed E-state index contributed by atoms with van der Waals surface area (Å²) in [6, 6.07) is 8.32. The van der Waals surface area contributed by atoms with Crippen LogP contribution in [0.2, 0.25) is 0 Å². The fourth-order valence-corrected chi connectivity index (χ4v) is 1.47. The largest absolute Gasteiger partial charge is 0.409 e. The van der Waals surface area contributed by atoms with Crippen LogP contribution >= 0.6 is 0 Å². The Kier molecular flexibility index (Phi) is 2.75. The van der Waals surface area contributed by atoms with E-state index in [1.165, 1.54) is 6.07 Å². The van der Waals surface area contributed by atoms with Crippen LogP contribution in [0.4, 0.5) is 13.2 Å². The van der Waals surface area contributed by atoms with E-state index < -0.39 is 11.7 Å². The van der Waals surface area contributed by atoms with E-state index in [1.807, 2.05) is 0 Å². The minimum atomic E-state index is -4.42. The van der Waals surface area contributed by atoms with Gasteiger partial charge in [0.05, 0.1) is 0 Å². The predicted molar refractivity (Wildman–Crippen MR) is 59.7 cm³/mol. The van der Waals surface area contributed by atoms with Gasteiger partial charge in [0.15, 0.2) is 0 Å². The van der Waals surface area contributed by atoms with E-state index in [9.17, 15) is 18.0 Å². The van der Waals surface area contributed by atoms with E-state index in [2.05, 4.69) is 4.98 Å². The molecule has 0 aliphatic carbocycles. The van der Waals surface area contributed by atoms with Gasteiger partial charge >= 0.3 is 6.18 Å². The lowest BCUT2D eigenvalue weighted by atomic mass is 10.1. The maximum atomic E-state index is 12.0. The maximum Gasteiger partial charge on any atom is 0.409 e. The number of hydrogen-bond donors (Lipinski definition) is 1. The molecule has 2 nitrogen and oxygen atoms in total. The minimum absolute atomic E-state index is 0.0129. The molecule has 0 aliphatic rings. The number of benzene rings is 1. The summed E-state index contributed by atoms with van der Waals surface area (Å²) in [4.78, 5) is 14.0. The normalized spacial score (nSPS) is 12.4. The second-order valence-electron chi connectivity index (χ2n) is 3.52. The molecule has 0 radical (unpaired) electrons. The van der Waals surface area contributed by atoms with Crippen molar-refractivity contribution < 1.29 is 13.2 Å². The lowest BCUT2D eigenvalue weighted by Gasteiger charge is -2.00. The molecule has 17 heavy (non-hydrogen) atoms. The number of nitrogens with one attached hydrogen (secondary N) is 1. The van der Waals surface area contributed by atoms with Gasteiger partial charge < -0.3 is 4.98 Å². The SMILES string of the molecule is O=c1[nH]c2ccccc2cc1/C=C/C(F)(F)F. The first-order valence-electron chi connectivity index (χ1n) is 4.84. The van der Waals surface area contributed by atoms with E-state index in [-0.39, 0.29) is 11.6 Å². The summed E-state index contributed by atoms with van der Waals surface area (Å²) >= 11 is 0. The van der Waals surface area contributed by atoms with Crippen molar-refractivity contribution in [3.63, 3.8) is 0 Å². The van der Waals surface area contributed by atoms with Gasteiger partial charge in [-0.25, -0.2) is 0 Å². The van der Waals surface area contributed by atoms with E-state index in [1.54, 1.807) is 24.3 Å². The molecule has 0 bridgehead atoms. The van der Waals surface area contributed by atoms with Gasteiger partial charge in [-0.15, -0.1) is 0 Å².